The second kappa shape index (κ2) is 13.1. The summed E-state index contributed by atoms with van der Waals surface area (Å²) in [5, 5.41) is 12.1. The highest BCUT2D eigenvalue weighted by Gasteiger charge is 2.30. The van der Waals surface area contributed by atoms with E-state index < -0.39 is 18.3 Å². The molecule has 0 fully saturated rings. The number of rotatable bonds is 10. The first kappa shape index (κ1) is 31.0. The molecule has 2 amide bonds. The Morgan fingerprint density at radius 3 is 2.46 bits per heavy atom. The van der Waals surface area contributed by atoms with Crippen LogP contribution in [-0.2, 0) is 26.2 Å². The van der Waals surface area contributed by atoms with E-state index in [0.717, 1.165) is 42.3 Å². The number of halogens is 3. The summed E-state index contributed by atoms with van der Waals surface area (Å²) in [6, 6.07) is 15.1. The number of benzene rings is 2. The van der Waals surface area contributed by atoms with Gasteiger partial charge in [0.05, 0.1) is 23.0 Å². The van der Waals surface area contributed by atoms with E-state index in [1.807, 2.05) is 16.8 Å². The van der Waals surface area contributed by atoms with Crippen LogP contribution in [0.15, 0.2) is 78.0 Å². The van der Waals surface area contributed by atoms with E-state index >= 15 is 0 Å². The number of amides is 2. The minimum absolute atomic E-state index is 0.0859. The first-order valence-electron chi connectivity index (χ1n) is 15.1. The Kier molecular flexibility index (Phi) is 8.84. The number of hydrogen-bond acceptors (Lipinski definition) is 6. The molecule has 2 aromatic carbocycles. The fraction of sp³-hybridized carbons (Fsp3) is 0.303. The number of nitrogens with one attached hydrogen (secondary N) is 1. The summed E-state index contributed by atoms with van der Waals surface area (Å²) in [6.07, 6.45) is 4.31. The SMILES string of the molecule is NCCCCCCn1ncc2c(-c3cc(-c4ccc(NC(=O)N5Cc6ccncc6C5)cc4)nn(CC(F)(F)F)c3=O)cccc21. The molecule has 0 bridgehead atoms. The molecule has 5 aromatic rings. The lowest BCUT2D eigenvalue weighted by molar-refractivity contribution is -0.143. The van der Waals surface area contributed by atoms with Crippen molar-refractivity contribution in [2.24, 2.45) is 5.73 Å². The number of alkyl halides is 3. The number of carbonyl (C=O) groups is 1. The summed E-state index contributed by atoms with van der Waals surface area (Å²) in [5.41, 5.74) is 9.28. The number of aromatic nitrogens is 5. The first-order chi connectivity index (χ1) is 22.2. The molecular formula is C33H33F3N8O2. The van der Waals surface area contributed by atoms with Crippen LogP contribution in [0.4, 0.5) is 23.7 Å². The molecule has 1 aliphatic heterocycles. The molecule has 0 saturated heterocycles. The zero-order valence-corrected chi connectivity index (χ0v) is 25.0. The molecule has 10 nitrogen and oxygen atoms in total. The van der Waals surface area contributed by atoms with Gasteiger partial charge in [0.2, 0.25) is 0 Å². The molecule has 0 saturated carbocycles. The van der Waals surface area contributed by atoms with Crippen molar-refractivity contribution in [1.82, 2.24) is 29.4 Å². The van der Waals surface area contributed by atoms with Crippen molar-refractivity contribution in [3.63, 3.8) is 0 Å². The van der Waals surface area contributed by atoms with Crippen molar-refractivity contribution >= 4 is 22.6 Å². The van der Waals surface area contributed by atoms with Gasteiger partial charge in [-0.3, -0.25) is 14.5 Å². The van der Waals surface area contributed by atoms with Gasteiger partial charge in [-0.2, -0.15) is 23.4 Å². The summed E-state index contributed by atoms with van der Waals surface area (Å²) in [6.45, 7) is 0.701. The van der Waals surface area contributed by atoms with E-state index in [0.29, 0.717) is 53.1 Å². The largest absolute Gasteiger partial charge is 0.408 e. The van der Waals surface area contributed by atoms with E-state index in [-0.39, 0.29) is 17.3 Å². The molecule has 6 rings (SSSR count). The number of urea groups is 1. The van der Waals surface area contributed by atoms with Gasteiger partial charge in [0, 0.05) is 48.7 Å². The Labute approximate surface area is 262 Å². The summed E-state index contributed by atoms with van der Waals surface area (Å²) in [7, 11) is 0. The third-order valence-corrected chi connectivity index (χ3v) is 8.05. The molecule has 3 N–H and O–H groups in total. The number of pyridine rings is 1. The number of hydrogen-bond donors (Lipinski definition) is 2. The topological polar surface area (TPSA) is 124 Å². The second-order valence-electron chi connectivity index (χ2n) is 11.3. The molecule has 4 heterocycles. The van der Waals surface area contributed by atoms with Crippen molar-refractivity contribution in [3.05, 3.63) is 94.7 Å². The summed E-state index contributed by atoms with van der Waals surface area (Å²) >= 11 is 0. The number of unbranched alkanes of at least 4 members (excludes halogenated alkanes) is 3. The number of carbonyl (C=O) groups excluding carboxylic acids is 1. The van der Waals surface area contributed by atoms with Gasteiger partial charge in [-0.1, -0.05) is 37.1 Å². The average molecular weight is 631 g/mol. The smallest absolute Gasteiger partial charge is 0.330 e. The maximum absolute atomic E-state index is 13.6. The maximum atomic E-state index is 13.6. The average Bonchev–Trinajstić information content (AvgIpc) is 3.66. The Hall–Kier alpha value is -5.04. The predicted molar refractivity (Wildman–Crippen MR) is 169 cm³/mol. The molecule has 0 aliphatic carbocycles. The van der Waals surface area contributed by atoms with Crippen molar-refractivity contribution in [1.29, 1.82) is 0 Å². The molecular weight excluding hydrogens is 597 g/mol. The van der Waals surface area contributed by atoms with Gasteiger partial charge in [0.15, 0.2) is 0 Å². The van der Waals surface area contributed by atoms with Crippen molar-refractivity contribution in [2.75, 3.05) is 11.9 Å². The Bertz CT molecular complexity index is 1890. The van der Waals surface area contributed by atoms with Gasteiger partial charge in [-0.15, -0.1) is 0 Å². The number of fused-ring (bicyclic) bond motifs is 2. The van der Waals surface area contributed by atoms with E-state index in [2.05, 4.69) is 20.5 Å². The summed E-state index contributed by atoms with van der Waals surface area (Å²) in [5.74, 6) is 0. The zero-order valence-electron chi connectivity index (χ0n) is 25.0. The van der Waals surface area contributed by atoms with Crippen LogP contribution in [-0.4, -0.2) is 48.2 Å². The highest BCUT2D eigenvalue weighted by Crippen LogP contribution is 2.30. The molecule has 1 aliphatic rings. The predicted octanol–water partition coefficient (Wildman–Crippen LogP) is 5.95. The van der Waals surface area contributed by atoms with E-state index in [1.54, 1.807) is 59.9 Å². The van der Waals surface area contributed by atoms with Crippen LogP contribution in [0.5, 0.6) is 0 Å². The van der Waals surface area contributed by atoms with Crippen LogP contribution in [0.1, 0.15) is 36.8 Å². The molecule has 238 valence electrons. The summed E-state index contributed by atoms with van der Waals surface area (Å²) < 4.78 is 43.0. The minimum Gasteiger partial charge on any atom is -0.330 e. The normalized spacial score (nSPS) is 12.9. The Balaban J connectivity index is 1.28. The highest BCUT2D eigenvalue weighted by atomic mass is 19.4. The van der Waals surface area contributed by atoms with E-state index in [1.165, 1.54) is 6.07 Å². The van der Waals surface area contributed by atoms with Crippen LogP contribution >= 0.6 is 0 Å². The quantitative estimate of drug-likeness (QED) is 0.184. The van der Waals surface area contributed by atoms with Gasteiger partial charge >= 0.3 is 12.2 Å². The lowest BCUT2D eigenvalue weighted by Crippen LogP contribution is -2.31. The minimum atomic E-state index is -4.66. The van der Waals surface area contributed by atoms with Gasteiger partial charge < -0.3 is 16.0 Å². The number of aryl methyl sites for hydroxylation is 1. The fourth-order valence-electron chi connectivity index (χ4n) is 5.72. The third kappa shape index (κ3) is 6.79. The van der Waals surface area contributed by atoms with Crippen LogP contribution in [0, 0.1) is 0 Å². The second-order valence-corrected chi connectivity index (χ2v) is 11.3. The molecule has 0 radical (unpaired) electrons. The molecule has 0 atom stereocenters. The molecule has 0 unspecified atom stereocenters. The molecule has 0 spiro atoms. The van der Waals surface area contributed by atoms with Gasteiger partial charge in [-0.25, -0.2) is 9.48 Å². The van der Waals surface area contributed by atoms with Gasteiger partial charge in [0.25, 0.3) is 5.56 Å². The fourth-order valence-corrected chi connectivity index (χ4v) is 5.72. The van der Waals surface area contributed by atoms with Crippen molar-refractivity contribution in [3.8, 4) is 22.4 Å². The molecule has 46 heavy (non-hydrogen) atoms. The number of nitrogens with zero attached hydrogens (tertiary/aromatic N) is 6. The number of nitrogens with two attached hydrogens (primary N) is 1. The first-order valence-corrected chi connectivity index (χ1v) is 15.1. The lowest BCUT2D eigenvalue weighted by Gasteiger charge is -2.17. The Morgan fingerprint density at radius 1 is 0.913 bits per heavy atom. The maximum Gasteiger partial charge on any atom is 0.408 e. The van der Waals surface area contributed by atoms with E-state index in [9.17, 15) is 22.8 Å². The van der Waals surface area contributed by atoms with Crippen molar-refractivity contribution in [2.45, 2.75) is 58.0 Å². The Morgan fingerprint density at radius 2 is 1.70 bits per heavy atom. The monoisotopic (exact) mass is 630 g/mol. The van der Waals surface area contributed by atoms with Gasteiger partial charge in [-0.05, 0) is 66.4 Å². The lowest BCUT2D eigenvalue weighted by atomic mass is 10.0. The molecule has 13 heteroatoms. The highest BCUT2D eigenvalue weighted by molar-refractivity contribution is 5.95. The van der Waals surface area contributed by atoms with Crippen LogP contribution < -0.4 is 16.6 Å². The van der Waals surface area contributed by atoms with E-state index in [4.69, 9.17) is 5.73 Å². The summed E-state index contributed by atoms with van der Waals surface area (Å²) in [4.78, 5) is 32.1. The molecule has 3 aromatic heterocycles. The standard InChI is InChI=1S/C33H33F3N8O2/c34-33(35,36)21-44-31(45)27(26-6-5-7-30-28(26)18-39-43(30)15-4-2-1-3-13-37)16-29(41-44)22-8-10-25(11-9-22)40-32(46)42-19-23-12-14-38-17-24(23)20-42/h5-12,14,16-18H,1-4,13,15,19-21,37H2,(H,40,46). The van der Waals surface area contributed by atoms with Crippen LogP contribution in [0.3, 0.4) is 0 Å². The zero-order chi connectivity index (χ0) is 32.3. The van der Waals surface area contributed by atoms with Gasteiger partial charge in [0.1, 0.15) is 6.54 Å². The number of anilines is 1. The van der Waals surface area contributed by atoms with Crippen LogP contribution in [0.2, 0.25) is 0 Å². The van der Waals surface area contributed by atoms with Crippen LogP contribution in [0.25, 0.3) is 33.3 Å². The third-order valence-electron chi connectivity index (χ3n) is 8.05. The van der Waals surface area contributed by atoms with Crippen molar-refractivity contribution < 1.29 is 18.0 Å².